The van der Waals surface area contributed by atoms with Crippen LogP contribution in [-0.4, -0.2) is 74.7 Å². The molecule has 21 heavy (non-hydrogen) atoms. The van der Waals surface area contributed by atoms with Gasteiger partial charge in [-0.25, -0.2) is 0 Å². The fraction of sp³-hybridized carbons (Fsp3) is 0.938. The lowest BCUT2D eigenvalue weighted by Crippen LogP contribution is -2.53. The zero-order chi connectivity index (χ0) is 15.2. The molecule has 1 N–H and O–H groups in total. The Kier molecular flexibility index (Phi) is 6.45. The molecule has 2 rings (SSSR count). The largest absolute Gasteiger partial charge is 0.468 e. The lowest BCUT2D eigenvalue weighted by molar-refractivity contribution is -0.143. The number of carbonyl (C=O) groups excluding carboxylic acids is 1. The predicted octanol–water partition coefficient (Wildman–Crippen LogP) is 0.944. The maximum atomic E-state index is 11.7. The summed E-state index contributed by atoms with van der Waals surface area (Å²) in [5.41, 5.74) is 0. The molecule has 0 amide bonds. The van der Waals surface area contributed by atoms with E-state index in [-0.39, 0.29) is 12.0 Å². The minimum Gasteiger partial charge on any atom is -0.468 e. The zero-order valence-corrected chi connectivity index (χ0v) is 13.8. The van der Waals surface area contributed by atoms with Crippen LogP contribution in [0.15, 0.2) is 0 Å². The quantitative estimate of drug-likeness (QED) is 0.739. The highest BCUT2D eigenvalue weighted by atomic mass is 16.5. The number of rotatable bonds is 6. The molecule has 3 unspecified atom stereocenters. The topological polar surface area (TPSA) is 44.8 Å². The van der Waals surface area contributed by atoms with E-state index in [1.54, 1.807) is 0 Å². The van der Waals surface area contributed by atoms with Crippen molar-refractivity contribution in [2.24, 2.45) is 5.92 Å². The van der Waals surface area contributed by atoms with Crippen LogP contribution in [0.4, 0.5) is 0 Å². The molecule has 2 saturated heterocycles. The molecule has 0 aliphatic carbocycles. The van der Waals surface area contributed by atoms with E-state index in [4.69, 9.17) is 4.74 Å². The summed E-state index contributed by atoms with van der Waals surface area (Å²) in [6, 6.07) is 0.618. The van der Waals surface area contributed by atoms with Crippen LogP contribution < -0.4 is 5.32 Å². The van der Waals surface area contributed by atoms with Gasteiger partial charge in [-0.05, 0) is 58.3 Å². The number of nitrogens with one attached hydrogen (secondary N) is 1. The van der Waals surface area contributed by atoms with Gasteiger partial charge < -0.3 is 19.9 Å². The number of carbonyl (C=O) groups is 1. The number of hydrogen-bond acceptors (Lipinski definition) is 5. The van der Waals surface area contributed by atoms with Crippen LogP contribution in [0.2, 0.25) is 0 Å². The van der Waals surface area contributed by atoms with Gasteiger partial charge in [-0.2, -0.15) is 0 Å². The van der Waals surface area contributed by atoms with E-state index < -0.39 is 0 Å². The Hall–Kier alpha value is -0.650. The van der Waals surface area contributed by atoms with E-state index in [2.05, 4.69) is 22.2 Å². The van der Waals surface area contributed by atoms with Crippen LogP contribution in [0.5, 0.6) is 0 Å². The SMILES string of the molecule is CCNC(CCN1CCC2C(CCCN2C)C1)C(=O)OC. The fourth-order valence-electron chi connectivity index (χ4n) is 3.93. The third-order valence-electron chi connectivity index (χ3n) is 5.10. The maximum absolute atomic E-state index is 11.7. The minimum absolute atomic E-state index is 0.135. The molecule has 0 aromatic carbocycles. The molecule has 0 aromatic rings. The van der Waals surface area contributed by atoms with Crippen LogP contribution in [0, 0.1) is 5.92 Å². The van der Waals surface area contributed by atoms with Crippen molar-refractivity contribution in [1.82, 2.24) is 15.1 Å². The van der Waals surface area contributed by atoms with Crippen molar-refractivity contribution < 1.29 is 9.53 Å². The normalized spacial score (nSPS) is 28.9. The zero-order valence-electron chi connectivity index (χ0n) is 13.8. The summed E-state index contributed by atoms with van der Waals surface area (Å²) >= 11 is 0. The van der Waals surface area contributed by atoms with Crippen LogP contribution in [-0.2, 0) is 9.53 Å². The second-order valence-corrected chi connectivity index (χ2v) is 6.46. The van der Waals surface area contributed by atoms with E-state index in [1.165, 1.54) is 39.5 Å². The van der Waals surface area contributed by atoms with Gasteiger partial charge in [0.2, 0.25) is 0 Å². The molecular formula is C16H31N3O2. The Labute approximate surface area is 129 Å². The monoisotopic (exact) mass is 297 g/mol. The van der Waals surface area contributed by atoms with Crippen LogP contribution in [0.1, 0.15) is 32.6 Å². The summed E-state index contributed by atoms with van der Waals surface area (Å²) in [6.45, 7) is 7.42. The lowest BCUT2D eigenvalue weighted by atomic mass is 9.84. The molecule has 2 fully saturated rings. The fourth-order valence-corrected chi connectivity index (χ4v) is 3.93. The Bertz CT molecular complexity index is 337. The summed E-state index contributed by atoms with van der Waals surface area (Å²) in [4.78, 5) is 16.8. The Balaban J connectivity index is 1.79. The molecule has 0 saturated carbocycles. The molecule has 2 aliphatic heterocycles. The molecule has 5 nitrogen and oxygen atoms in total. The van der Waals surface area contributed by atoms with Gasteiger partial charge in [0.1, 0.15) is 6.04 Å². The van der Waals surface area contributed by atoms with E-state index in [9.17, 15) is 4.79 Å². The van der Waals surface area contributed by atoms with Crippen molar-refractivity contribution >= 4 is 5.97 Å². The van der Waals surface area contributed by atoms with Crippen molar-refractivity contribution in [2.75, 3.05) is 46.9 Å². The highest BCUT2D eigenvalue weighted by Crippen LogP contribution is 2.29. The summed E-state index contributed by atoms with van der Waals surface area (Å²) in [5, 5.41) is 3.23. The van der Waals surface area contributed by atoms with Crippen molar-refractivity contribution in [3.63, 3.8) is 0 Å². The Morgan fingerprint density at radius 2 is 2.19 bits per heavy atom. The number of hydrogen-bond donors (Lipinski definition) is 1. The molecule has 122 valence electrons. The lowest BCUT2D eigenvalue weighted by Gasteiger charge is -2.46. The van der Waals surface area contributed by atoms with Crippen LogP contribution in [0.25, 0.3) is 0 Å². The average Bonchev–Trinajstić information content (AvgIpc) is 2.50. The third-order valence-corrected chi connectivity index (χ3v) is 5.10. The Morgan fingerprint density at radius 1 is 1.38 bits per heavy atom. The Morgan fingerprint density at radius 3 is 2.90 bits per heavy atom. The van der Waals surface area contributed by atoms with E-state index in [1.807, 2.05) is 6.92 Å². The first-order chi connectivity index (χ1) is 10.2. The maximum Gasteiger partial charge on any atom is 0.322 e. The van der Waals surface area contributed by atoms with E-state index >= 15 is 0 Å². The van der Waals surface area contributed by atoms with Gasteiger partial charge in [0.25, 0.3) is 0 Å². The molecule has 5 heteroatoms. The first-order valence-electron chi connectivity index (χ1n) is 8.39. The summed E-state index contributed by atoms with van der Waals surface area (Å²) < 4.78 is 4.88. The van der Waals surface area contributed by atoms with Gasteiger partial charge in [-0.15, -0.1) is 0 Å². The number of ether oxygens (including phenoxy) is 1. The second kappa shape index (κ2) is 8.11. The van der Waals surface area contributed by atoms with E-state index in [0.717, 1.165) is 38.0 Å². The van der Waals surface area contributed by atoms with Crippen molar-refractivity contribution in [3.8, 4) is 0 Å². The number of methoxy groups -OCH3 is 1. The van der Waals surface area contributed by atoms with Gasteiger partial charge in [-0.3, -0.25) is 4.79 Å². The average molecular weight is 297 g/mol. The molecule has 3 atom stereocenters. The second-order valence-electron chi connectivity index (χ2n) is 6.46. The molecule has 0 radical (unpaired) electrons. The predicted molar refractivity (Wildman–Crippen MR) is 84.3 cm³/mol. The van der Waals surface area contributed by atoms with Crippen molar-refractivity contribution in [3.05, 3.63) is 0 Å². The molecule has 2 heterocycles. The standard InChI is InChI=1S/C16H31N3O2/c1-4-17-14(16(20)21-3)7-10-19-11-8-15-13(12-19)6-5-9-18(15)2/h13-15,17H,4-12H2,1-3H3. The first kappa shape index (κ1) is 16.7. The van der Waals surface area contributed by atoms with E-state index in [0.29, 0.717) is 0 Å². The summed E-state index contributed by atoms with van der Waals surface area (Å²) in [6.07, 6.45) is 4.80. The smallest absolute Gasteiger partial charge is 0.322 e. The number of nitrogens with zero attached hydrogens (tertiary/aromatic N) is 2. The molecular weight excluding hydrogens is 266 g/mol. The minimum atomic E-state index is -0.160. The first-order valence-corrected chi connectivity index (χ1v) is 8.39. The van der Waals surface area contributed by atoms with Crippen molar-refractivity contribution in [1.29, 1.82) is 0 Å². The highest BCUT2D eigenvalue weighted by Gasteiger charge is 2.34. The van der Waals surface area contributed by atoms with Crippen LogP contribution >= 0.6 is 0 Å². The highest BCUT2D eigenvalue weighted by molar-refractivity contribution is 5.75. The molecule has 0 bridgehead atoms. The molecule has 0 aromatic heterocycles. The number of likely N-dealkylation sites (N-methyl/N-ethyl adjacent to an activating group) is 1. The van der Waals surface area contributed by atoms with Crippen LogP contribution in [0.3, 0.4) is 0 Å². The summed E-state index contributed by atoms with van der Waals surface area (Å²) in [7, 11) is 3.74. The van der Waals surface area contributed by atoms with Gasteiger partial charge >= 0.3 is 5.97 Å². The van der Waals surface area contributed by atoms with Gasteiger partial charge in [0.15, 0.2) is 0 Å². The number of fused-ring (bicyclic) bond motifs is 1. The molecule has 0 spiro atoms. The van der Waals surface area contributed by atoms with Gasteiger partial charge in [-0.1, -0.05) is 6.92 Å². The summed E-state index contributed by atoms with van der Waals surface area (Å²) in [5.74, 6) is 0.678. The number of esters is 1. The third kappa shape index (κ3) is 4.41. The number of likely N-dealkylation sites (tertiary alicyclic amines) is 2. The van der Waals surface area contributed by atoms with Crippen molar-refractivity contribution in [2.45, 2.75) is 44.7 Å². The van der Waals surface area contributed by atoms with Gasteiger partial charge in [0, 0.05) is 19.1 Å². The van der Waals surface area contributed by atoms with Gasteiger partial charge in [0.05, 0.1) is 7.11 Å². The number of piperidine rings is 2. The molecule has 2 aliphatic rings.